The van der Waals surface area contributed by atoms with E-state index in [4.69, 9.17) is 26.1 Å². The summed E-state index contributed by atoms with van der Waals surface area (Å²) in [6.07, 6.45) is 3.54. The summed E-state index contributed by atoms with van der Waals surface area (Å²) in [4.78, 5) is 20.5. The maximum Gasteiger partial charge on any atom is 0.303 e. The van der Waals surface area contributed by atoms with Crippen molar-refractivity contribution in [1.82, 2.24) is 15.3 Å². The van der Waals surface area contributed by atoms with Crippen molar-refractivity contribution in [1.29, 1.82) is 0 Å². The first-order valence-corrected chi connectivity index (χ1v) is 16.2. The van der Waals surface area contributed by atoms with Crippen molar-refractivity contribution in [3.63, 3.8) is 0 Å². The van der Waals surface area contributed by atoms with Crippen LogP contribution in [-0.4, -0.2) is 50.1 Å². The van der Waals surface area contributed by atoms with Gasteiger partial charge in [-0.2, -0.15) is 0 Å². The van der Waals surface area contributed by atoms with Crippen LogP contribution in [0.3, 0.4) is 0 Å². The molecule has 0 unspecified atom stereocenters. The SMILES string of the molecule is CCc1cc(-c2cccc(NS(=O)(=O)c3cc(Cl)cc4c3OC[C@H]4OC(C)=O)c2F)cc2cnc(NC3CCNCC3)nc12. The quantitative estimate of drug-likeness (QED) is 0.210. The molecule has 1 saturated heterocycles. The van der Waals surface area contributed by atoms with E-state index in [2.05, 4.69) is 20.3 Å². The van der Waals surface area contributed by atoms with Crippen LogP contribution in [0, 0.1) is 5.82 Å². The Morgan fingerprint density at radius 2 is 2.00 bits per heavy atom. The van der Waals surface area contributed by atoms with Crippen molar-refractivity contribution < 1.29 is 27.1 Å². The molecule has 0 bridgehead atoms. The summed E-state index contributed by atoms with van der Waals surface area (Å²) in [5.74, 6) is -0.737. The molecule has 3 heterocycles. The van der Waals surface area contributed by atoms with Crippen molar-refractivity contribution in [2.45, 2.75) is 50.2 Å². The fraction of sp³-hybridized carbons (Fsp3) is 0.323. The summed E-state index contributed by atoms with van der Waals surface area (Å²) in [6.45, 7) is 5.07. The highest BCUT2D eigenvalue weighted by Crippen LogP contribution is 2.42. The van der Waals surface area contributed by atoms with Crippen LogP contribution < -0.4 is 20.1 Å². The minimum atomic E-state index is -4.37. The molecule has 44 heavy (non-hydrogen) atoms. The molecule has 3 N–H and O–H groups in total. The van der Waals surface area contributed by atoms with Gasteiger partial charge in [0.2, 0.25) is 5.95 Å². The van der Waals surface area contributed by atoms with Crippen LogP contribution in [0.4, 0.5) is 16.0 Å². The number of hydrogen-bond acceptors (Lipinski definition) is 9. The Kier molecular flexibility index (Phi) is 8.32. The monoisotopic (exact) mass is 639 g/mol. The maximum absolute atomic E-state index is 16.0. The van der Waals surface area contributed by atoms with Crippen molar-refractivity contribution >= 4 is 50.1 Å². The first kappa shape index (κ1) is 30.0. The molecule has 2 aliphatic rings. The Balaban J connectivity index is 1.32. The van der Waals surface area contributed by atoms with E-state index in [1.165, 1.54) is 25.1 Å². The number of carbonyl (C=O) groups is 1. The van der Waals surface area contributed by atoms with Gasteiger partial charge < -0.3 is 20.1 Å². The van der Waals surface area contributed by atoms with E-state index >= 15 is 4.39 Å². The molecule has 2 aliphatic heterocycles. The molecule has 13 heteroatoms. The molecule has 0 spiro atoms. The van der Waals surface area contributed by atoms with Gasteiger partial charge in [0.05, 0.1) is 11.2 Å². The molecule has 0 amide bonds. The van der Waals surface area contributed by atoms with Gasteiger partial charge in [0, 0.05) is 40.7 Å². The number of halogens is 2. The molecule has 1 atom stereocenters. The fourth-order valence-electron chi connectivity index (χ4n) is 5.62. The zero-order valence-electron chi connectivity index (χ0n) is 24.1. The highest BCUT2D eigenvalue weighted by atomic mass is 35.5. The average Bonchev–Trinajstić information content (AvgIpc) is 3.39. The number of fused-ring (bicyclic) bond motifs is 2. The molecular weight excluding hydrogens is 609 g/mol. The smallest absolute Gasteiger partial charge is 0.303 e. The Morgan fingerprint density at radius 3 is 2.75 bits per heavy atom. The standard InChI is InChI=1S/C31H31ClFN5O5S/c1-3-18-11-19(12-20-15-35-31(37-29(18)20)36-22-7-9-34-10-8-22)23-5-4-6-25(28(23)33)38-44(40,41)27-14-21(32)13-24-26(43-17(2)39)16-42-30(24)27/h4-6,11-15,22,26,34,38H,3,7-10,16H2,1-2H3,(H,35,36,37)/t26-/m1/s1. The van der Waals surface area contributed by atoms with Crippen LogP contribution in [0.25, 0.3) is 22.0 Å². The highest BCUT2D eigenvalue weighted by molar-refractivity contribution is 7.92. The van der Waals surface area contributed by atoms with Crippen LogP contribution in [0.2, 0.25) is 5.02 Å². The predicted molar refractivity (Wildman–Crippen MR) is 166 cm³/mol. The van der Waals surface area contributed by atoms with E-state index in [0.29, 0.717) is 29.5 Å². The number of esters is 1. The van der Waals surface area contributed by atoms with Gasteiger partial charge in [-0.1, -0.05) is 30.7 Å². The lowest BCUT2D eigenvalue weighted by Gasteiger charge is -2.23. The number of benzene rings is 3. The number of aromatic nitrogens is 2. The van der Waals surface area contributed by atoms with Gasteiger partial charge >= 0.3 is 5.97 Å². The molecule has 6 rings (SSSR count). The molecule has 3 aromatic carbocycles. The largest absolute Gasteiger partial charge is 0.487 e. The molecule has 0 radical (unpaired) electrons. The zero-order valence-corrected chi connectivity index (χ0v) is 25.7. The third-order valence-corrected chi connectivity index (χ3v) is 9.33. The fourth-order valence-corrected chi connectivity index (χ4v) is 7.18. The van der Waals surface area contributed by atoms with Crippen LogP contribution >= 0.6 is 11.6 Å². The third-order valence-electron chi connectivity index (χ3n) is 7.74. The number of rotatable bonds is 8. The number of nitrogens with one attached hydrogen (secondary N) is 3. The molecule has 230 valence electrons. The minimum Gasteiger partial charge on any atom is -0.487 e. The highest BCUT2D eigenvalue weighted by Gasteiger charge is 2.34. The number of piperidine rings is 1. The van der Waals surface area contributed by atoms with Crippen LogP contribution in [0.15, 0.2) is 53.6 Å². The molecule has 1 fully saturated rings. The third kappa shape index (κ3) is 6.01. The number of anilines is 2. The number of sulfonamides is 1. The first-order valence-electron chi connectivity index (χ1n) is 14.3. The lowest BCUT2D eigenvalue weighted by Crippen LogP contribution is -2.35. The Hall–Kier alpha value is -4.00. The molecule has 0 saturated carbocycles. The summed E-state index contributed by atoms with van der Waals surface area (Å²) in [7, 11) is -4.37. The van der Waals surface area contributed by atoms with Crippen molar-refractivity contribution in [3.8, 4) is 16.9 Å². The van der Waals surface area contributed by atoms with Crippen LogP contribution in [0.5, 0.6) is 5.75 Å². The van der Waals surface area contributed by atoms with E-state index in [-0.39, 0.29) is 33.5 Å². The van der Waals surface area contributed by atoms with Gasteiger partial charge in [-0.05, 0) is 73.8 Å². The van der Waals surface area contributed by atoms with Gasteiger partial charge in [0.25, 0.3) is 10.0 Å². The second-order valence-corrected chi connectivity index (χ2v) is 12.9. The Bertz CT molecular complexity index is 1870. The summed E-state index contributed by atoms with van der Waals surface area (Å²) < 4.78 is 56.3. The lowest BCUT2D eigenvalue weighted by molar-refractivity contribution is -0.147. The topological polar surface area (TPSA) is 132 Å². The summed E-state index contributed by atoms with van der Waals surface area (Å²) in [5.41, 5.74) is 2.53. The maximum atomic E-state index is 16.0. The number of hydrogen-bond donors (Lipinski definition) is 3. The number of aryl methyl sites for hydroxylation is 1. The van der Waals surface area contributed by atoms with Crippen molar-refractivity contribution in [2.24, 2.45) is 0 Å². The average molecular weight is 640 g/mol. The minimum absolute atomic E-state index is 0.000780. The van der Waals surface area contributed by atoms with Gasteiger partial charge in [-0.25, -0.2) is 22.8 Å². The van der Waals surface area contributed by atoms with Gasteiger partial charge in [-0.3, -0.25) is 9.52 Å². The lowest BCUT2D eigenvalue weighted by atomic mass is 9.98. The normalized spacial score (nSPS) is 16.8. The van der Waals surface area contributed by atoms with Gasteiger partial charge in [0.15, 0.2) is 11.9 Å². The molecule has 0 aliphatic carbocycles. The van der Waals surface area contributed by atoms with E-state index in [1.54, 1.807) is 24.4 Å². The van der Waals surface area contributed by atoms with E-state index in [1.807, 2.05) is 13.0 Å². The molecule has 1 aromatic heterocycles. The summed E-state index contributed by atoms with van der Waals surface area (Å²) in [5, 5.41) is 7.61. The molecule has 4 aromatic rings. The van der Waals surface area contributed by atoms with Gasteiger partial charge in [-0.15, -0.1) is 0 Å². The number of ether oxygens (including phenoxy) is 2. The molecule has 10 nitrogen and oxygen atoms in total. The van der Waals surface area contributed by atoms with Crippen LogP contribution in [-0.2, 0) is 26.0 Å². The van der Waals surface area contributed by atoms with Crippen LogP contribution in [0.1, 0.15) is 43.9 Å². The van der Waals surface area contributed by atoms with Gasteiger partial charge in [0.1, 0.15) is 17.3 Å². The van der Waals surface area contributed by atoms with Crippen molar-refractivity contribution in [2.75, 3.05) is 29.7 Å². The second kappa shape index (κ2) is 12.2. The summed E-state index contributed by atoms with van der Waals surface area (Å²) in [6, 6.07) is 11.2. The number of nitrogens with zero attached hydrogens (tertiary/aromatic N) is 2. The van der Waals surface area contributed by atoms with Crippen molar-refractivity contribution in [3.05, 3.63) is 70.6 Å². The van der Waals surface area contributed by atoms with E-state index in [9.17, 15) is 13.2 Å². The predicted octanol–water partition coefficient (Wildman–Crippen LogP) is 5.61. The second-order valence-electron chi connectivity index (χ2n) is 10.8. The summed E-state index contributed by atoms with van der Waals surface area (Å²) >= 11 is 6.23. The van der Waals surface area contributed by atoms with E-state index in [0.717, 1.165) is 42.4 Å². The Morgan fingerprint density at radius 1 is 1.20 bits per heavy atom. The first-order chi connectivity index (χ1) is 21.1. The number of carbonyl (C=O) groups excluding carboxylic acids is 1. The van der Waals surface area contributed by atoms with E-state index < -0.39 is 27.9 Å². The Labute approximate surface area is 259 Å². The molecular formula is C31H31ClFN5O5S. The zero-order chi connectivity index (χ0) is 31.0.